The summed E-state index contributed by atoms with van der Waals surface area (Å²) >= 11 is 0. The first kappa shape index (κ1) is 17.0. The minimum absolute atomic E-state index is 0.229. The van der Waals surface area contributed by atoms with Crippen LogP contribution in [0.1, 0.15) is 5.69 Å². The molecule has 140 valence electrons. The molecule has 0 fully saturated rings. The summed E-state index contributed by atoms with van der Waals surface area (Å²) in [5, 5.41) is 5.58. The third-order valence-corrected chi connectivity index (χ3v) is 4.08. The van der Waals surface area contributed by atoms with Crippen molar-refractivity contribution in [1.82, 2.24) is 20.0 Å². The number of nitrogens with one attached hydrogen (secondary N) is 2. The molecular weight excluding hydrogens is 348 g/mol. The second-order valence-corrected chi connectivity index (χ2v) is 5.99. The Morgan fingerprint density at radius 2 is 2.04 bits per heavy atom. The first-order valence-corrected chi connectivity index (χ1v) is 8.75. The minimum atomic E-state index is -0.229. The number of ether oxygens (including phenoxy) is 3. The summed E-state index contributed by atoms with van der Waals surface area (Å²) in [6.07, 6.45) is 4.59. The summed E-state index contributed by atoms with van der Waals surface area (Å²) in [6.45, 7) is 1.50. The van der Waals surface area contributed by atoms with Crippen LogP contribution in [0.3, 0.4) is 0 Å². The fourth-order valence-electron chi connectivity index (χ4n) is 2.77. The zero-order valence-corrected chi connectivity index (χ0v) is 14.7. The van der Waals surface area contributed by atoms with Gasteiger partial charge in [-0.15, -0.1) is 0 Å². The van der Waals surface area contributed by atoms with Crippen LogP contribution in [0.25, 0.3) is 5.65 Å². The Bertz CT molecular complexity index is 907. The second-order valence-electron chi connectivity index (χ2n) is 5.99. The lowest BCUT2D eigenvalue weighted by molar-refractivity contribution is 0.173. The van der Waals surface area contributed by atoms with E-state index in [2.05, 4.69) is 15.6 Å². The van der Waals surface area contributed by atoms with Crippen molar-refractivity contribution < 1.29 is 19.0 Å². The van der Waals surface area contributed by atoms with Gasteiger partial charge in [0.05, 0.1) is 12.2 Å². The van der Waals surface area contributed by atoms with Crippen LogP contribution in [0.15, 0.2) is 48.8 Å². The molecule has 3 heterocycles. The van der Waals surface area contributed by atoms with Crippen molar-refractivity contribution in [2.75, 3.05) is 26.5 Å². The highest BCUT2D eigenvalue weighted by atomic mass is 16.7. The molecule has 0 spiro atoms. The molecule has 0 radical (unpaired) electrons. The average Bonchev–Trinajstić information content (AvgIpc) is 3.31. The fraction of sp³-hybridized carbons (Fsp3) is 0.263. The van der Waals surface area contributed by atoms with E-state index in [0.29, 0.717) is 43.4 Å². The van der Waals surface area contributed by atoms with Crippen LogP contribution in [-0.4, -0.2) is 41.9 Å². The maximum atomic E-state index is 11.8. The third kappa shape index (κ3) is 4.22. The van der Waals surface area contributed by atoms with Gasteiger partial charge in [-0.2, -0.15) is 0 Å². The van der Waals surface area contributed by atoms with Gasteiger partial charge in [-0.1, -0.05) is 6.07 Å². The third-order valence-electron chi connectivity index (χ3n) is 4.08. The number of nitrogens with zero attached hydrogens (tertiary/aromatic N) is 2. The van der Waals surface area contributed by atoms with Gasteiger partial charge in [0.25, 0.3) is 0 Å². The van der Waals surface area contributed by atoms with Crippen LogP contribution >= 0.6 is 0 Å². The summed E-state index contributed by atoms with van der Waals surface area (Å²) in [5.74, 6) is 2.06. The van der Waals surface area contributed by atoms with E-state index in [0.717, 1.165) is 11.3 Å². The van der Waals surface area contributed by atoms with Crippen LogP contribution < -0.4 is 24.8 Å². The molecule has 3 aromatic rings. The van der Waals surface area contributed by atoms with Gasteiger partial charge in [-0.25, -0.2) is 9.78 Å². The van der Waals surface area contributed by atoms with E-state index in [1.807, 2.05) is 41.1 Å². The number of pyridine rings is 1. The molecule has 1 aliphatic rings. The Hall–Kier alpha value is -3.42. The Morgan fingerprint density at radius 1 is 1.15 bits per heavy atom. The molecule has 4 rings (SSSR count). The molecule has 2 amide bonds. The Balaban J connectivity index is 1.13. The first-order valence-electron chi connectivity index (χ1n) is 8.75. The molecule has 1 aromatic carbocycles. The number of benzene rings is 1. The van der Waals surface area contributed by atoms with Crippen molar-refractivity contribution >= 4 is 11.7 Å². The van der Waals surface area contributed by atoms with E-state index in [-0.39, 0.29) is 12.8 Å². The fourth-order valence-corrected chi connectivity index (χ4v) is 2.77. The molecule has 0 aliphatic carbocycles. The van der Waals surface area contributed by atoms with Crippen molar-refractivity contribution in [2.24, 2.45) is 0 Å². The lowest BCUT2D eigenvalue weighted by Crippen LogP contribution is -2.38. The normalized spacial score (nSPS) is 12.1. The SMILES string of the molecule is O=C(NCCOc1ccc2c(c1)OCO2)NCCc1cn2ccccc2n1. The lowest BCUT2D eigenvalue weighted by Gasteiger charge is -2.09. The lowest BCUT2D eigenvalue weighted by atomic mass is 10.3. The van der Waals surface area contributed by atoms with Gasteiger partial charge in [-0.05, 0) is 24.3 Å². The highest BCUT2D eigenvalue weighted by Crippen LogP contribution is 2.34. The summed E-state index contributed by atoms with van der Waals surface area (Å²) in [4.78, 5) is 16.3. The molecule has 2 aromatic heterocycles. The zero-order chi connectivity index (χ0) is 18.5. The van der Waals surface area contributed by atoms with Gasteiger partial charge in [0, 0.05) is 31.4 Å². The molecule has 0 atom stereocenters. The van der Waals surface area contributed by atoms with E-state index in [9.17, 15) is 4.79 Å². The number of rotatable bonds is 7. The smallest absolute Gasteiger partial charge is 0.314 e. The number of amides is 2. The molecular formula is C19H20N4O4. The molecule has 0 bridgehead atoms. The maximum Gasteiger partial charge on any atom is 0.314 e. The van der Waals surface area contributed by atoms with Crippen molar-refractivity contribution in [1.29, 1.82) is 0 Å². The summed E-state index contributed by atoms with van der Waals surface area (Å²) < 4.78 is 18.1. The van der Waals surface area contributed by atoms with E-state index in [1.54, 1.807) is 12.1 Å². The van der Waals surface area contributed by atoms with Crippen molar-refractivity contribution in [3.8, 4) is 17.2 Å². The number of carbonyl (C=O) groups is 1. The summed E-state index contributed by atoms with van der Waals surface area (Å²) in [5.41, 5.74) is 1.84. The highest BCUT2D eigenvalue weighted by Gasteiger charge is 2.13. The average molecular weight is 368 g/mol. The van der Waals surface area contributed by atoms with E-state index < -0.39 is 0 Å². The Labute approximate surface area is 156 Å². The monoisotopic (exact) mass is 368 g/mol. The number of fused-ring (bicyclic) bond motifs is 2. The Kier molecular flexibility index (Phi) is 4.95. The van der Waals surface area contributed by atoms with Crippen LogP contribution in [0.5, 0.6) is 17.2 Å². The van der Waals surface area contributed by atoms with Crippen LogP contribution in [0.4, 0.5) is 4.79 Å². The number of aromatic nitrogens is 2. The van der Waals surface area contributed by atoms with E-state index in [4.69, 9.17) is 14.2 Å². The molecule has 8 heteroatoms. The quantitative estimate of drug-likeness (QED) is 0.623. The molecule has 1 aliphatic heterocycles. The van der Waals surface area contributed by atoms with Gasteiger partial charge in [0.15, 0.2) is 11.5 Å². The number of imidazole rings is 1. The Morgan fingerprint density at radius 3 is 2.96 bits per heavy atom. The molecule has 8 nitrogen and oxygen atoms in total. The molecule has 0 saturated heterocycles. The predicted molar refractivity (Wildman–Crippen MR) is 98.4 cm³/mol. The largest absolute Gasteiger partial charge is 0.492 e. The van der Waals surface area contributed by atoms with Crippen molar-refractivity contribution in [3.63, 3.8) is 0 Å². The van der Waals surface area contributed by atoms with Crippen molar-refractivity contribution in [2.45, 2.75) is 6.42 Å². The van der Waals surface area contributed by atoms with Gasteiger partial charge in [0.1, 0.15) is 18.0 Å². The van der Waals surface area contributed by atoms with Crippen LogP contribution in [0, 0.1) is 0 Å². The van der Waals surface area contributed by atoms with Gasteiger partial charge >= 0.3 is 6.03 Å². The number of hydrogen-bond donors (Lipinski definition) is 2. The predicted octanol–water partition coefficient (Wildman–Crippen LogP) is 1.98. The van der Waals surface area contributed by atoms with Gasteiger partial charge < -0.3 is 29.2 Å². The van der Waals surface area contributed by atoms with E-state index >= 15 is 0 Å². The van der Waals surface area contributed by atoms with Crippen molar-refractivity contribution in [3.05, 3.63) is 54.5 Å². The highest BCUT2D eigenvalue weighted by molar-refractivity contribution is 5.73. The number of urea groups is 1. The summed E-state index contributed by atoms with van der Waals surface area (Å²) in [6, 6.07) is 11.0. The second kappa shape index (κ2) is 7.86. The number of hydrogen-bond acceptors (Lipinski definition) is 5. The van der Waals surface area contributed by atoms with Gasteiger partial charge in [0.2, 0.25) is 6.79 Å². The minimum Gasteiger partial charge on any atom is -0.492 e. The maximum absolute atomic E-state index is 11.8. The topological polar surface area (TPSA) is 86.1 Å². The molecule has 27 heavy (non-hydrogen) atoms. The van der Waals surface area contributed by atoms with E-state index in [1.165, 1.54) is 0 Å². The molecule has 2 N–H and O–H groups in total. The van der Waals surface area contributed by atoms with Gasteiger partial charge in [-0.3, -0.25) is 0 Å². The van der Waals surface area contributed by atoms with Crippen LogP contribution in [-0.2, 0) is 6.42 Å². The standard InChI is InChI=1S/C19H20N4O4/c24-19(20-7-6-14-12-23-9-2-1-3-18(23)22-14)21-8-10-25-15-4-5-16-17(11-15)27-13-26-16/h1-5,9,11-12H,6-8,10,13H2,(H2,20,21,24). The first-order chi connectivity index (χ1) is 13.3. The number of carbonyl (C=O) groups excluding carboxylic acids is 1. The van der Waals surface area contributed by atoms with Crippen LogP contribution in [0.2, 0.25) is 0 Å². The molecule has 0 saturated carbocycles. The molecule has 0 unspecified atom stereocenters. The zero-order valence-electron chi connectivity index (χ0n) is 14.7. The summed E-state index contributed by atoms with van der Waals surface area (Å²) in [7, 11) is 0.